The maximum absolute atomic E-state index is 9.87. The third-order valence-corrected chi connectivity index (χ3v) is 7.19. The van der Waals surface area contributed by atoms with E-state index < -0.39 is 148 Å². The number of benzene rings is 5. The first kappa shape index (κ1) is 12.7. The van der Waals surface area contributed by atoms with Crippen LogP contribution in [-0.4, -0.2) is 24.1 Å². The van der Waals surface area contributed by atoms with Gasteiger partial charge in [0.25, 0.3) is 0 Å². The molecule has 0 bridgehead atoms. The fourth-order valence-corrected chi connectivity index (χ4v) is 5.39. The Morgan fingerprint density at radius 2 is 1.23 bits per heavy atom. The molecular weight excluding hydrogens is 538 g/mol. The van der Waals surface area contributed by atoms with E-state index in [4.69, 9.17) is 20.6 Å². The Balaban J connectivity index is 1.57. The average Bonchev–Trinajstić information content (AvgIpc) is 3.80. The number of aromatic nitrogens is 5. The summed E-state index contributed by atoms with van der Waals surface area (Å²) in [7, 11) is 0. The van der Waals surface area contributed by atoms with Crippen molar-refractivity contribution in [2.75, 3.05) is 0 Å². The lowest BCUT2D eigenvalue weighted by molar-refractivity contribution is 1.04. The summed E-state index contributed by atoms with van der Waals surface area (Å²) in [5, 5.41) is 0.474. The quantitative estimate of drug-likeness (QED) is 0.208. The van der Waals surface area contributed by atoms with Crippen LogP contribution in [0, 0.1) is 0 Å². The van der Waals surface area contributed by atoms with Crippen molar-refractivity contribution in [1.82, 2.24) is 24.1 Å². The molecule has 206 valence electrons. The largest absolute Gasteiger partial charge is 0.294 e. The van der Waals surface area contributed by atoms with Gasteiger partial charge in [0.15, 0.2) is 5.82 Å². The standard InChI is InChI=1S/C39H25N5/c1-2-13-26(14-3-1)38-41-32(25-37(42-38)43-33-20-8-4-15-27(33)28-16-5-9-21-34(28)43)31-18-7-11-23-36(31)44-35-22-10-6-17-29(35)30-19-12-24-40-39(30)44/h1-25H/i1D,2D,3D,4D,5D,7D,8D,9D,11D,13D,14D,15D,16D,18D,20D,21D,23D,25D. The smallest absolute Gasteiger partial charge is 0.162 e. The van der Waals surface area contributed by atoms with Gasteiger partial charge in [0.2, 0.25) is 0 Å². The molecular formula is C39H25N5. The summed E-state index contributed by atoms with van der Waals surface area (Å²) < 4.78 is 162. The van der Waals surface area contributed by atoms with Gasteiger partial charge in [0.05, 0.1) is 52.6 Å². The topological polar surface area (TPSA) is 48.5 Å². The van der Waals surface area contributed by atoms with E-state index in [2.05, 4.69) is 15.0 Å². The first-order chi connectivity index (χ1) is 29.3. The predicted molar refractivity (Wildman–Crippen MR) is 179 cm³/mol. The minimum absolute atomic E-state index is 0.237. The molecule has 0 saturated heterocycles. The molecule has 5 aromatic carbocycles. The van der Waals surface area contributed by atoms with Crippen molar-refractivity contribution >= 4 is 43.7 Å². The van der Waals surface area contributed by atoms with Crippen LogP contribution >= 0.6 is 0 Å². The molecule has 9 aromatic rings. The van der Waals surface area contributed by atoms with Gasteiger partial charge in [-0.05, 0) is 36.3 Å². The van der Waals surface area contributed by atoms with Gasteiger partial charge in [-0.2, -0.15) is 0 Å². The number of para-hydroxylation sites is 4. The molecule has 0 fully saturated rings. The first-order valence-electron chi connectivity index (χ1n) is 22.3. The predicted octanol–water partition coefficient (Wildman–Crippen LogP) is 9.40. The lowest BCUT2D eigenvalue weighted by Crippen LogP contribution is -2.04. The third-order valence-electron chi connectivity index (χ3n) is 7.19. The van der Waals surface area contributed by atoms with Crippen molar-refractivity contribution in [2.24, 2.45) is 0 Å². The number of pyridine rings is 1. The zero-order chi connectivity index (χ0) is 44.7. The molecule has 0 spiro atoms. The molecule has 5 nitrogen and oxygen atoms in total. The van der Waals surface area contributed by atoms with Crippen molar-refractivity contribution in [1.29, 1.82) is 0 Å². The van der Waals surface area contributed by atoms with Crippen LogP contribution < -0.4 is 0 Å². The van der Waals surface area contributed by atoms with Gasteiger partial charge in [0.1, 0.15) is 11.5 Å². The number of rotatable bonds is 4. The highest BCUT2D eigenvalue weighted by Crippen LogP contribution is 2.37. The highest BCUT2D eigenvalue weighted by molar-refractivity contribution is 6.10. The summed E-state index contributed by atoms with van der Waals surface area (Å²) >= 11 is 0. The van der Waals surface area contributed by atoms with Crippen LogP contribution in [0.5, 0.6) is 0 Å². The molecule has 0 aliphatic rings. The fraction of sp³-hybridized carbons (Fsp3) is 0. The van der Waals surface area contributed by atoms with Gasteiger partial charge in [0, 0.05) is 44.9 Å². The molecule has 0 amide bonds. The second kappa shape index (κ2) is 9.75. The van der Waals surface area contributed by atoms with Crippen LogP contribution in [0.3, 0.4) is 0 Å². The maximum atomic E-state index is 9.87. The number of fused-ring (bicyclic) bond motifs is 6. The molecule has 0 aliphatic carbocycles. The summed E-state index contributed by atoms with van der Waals surface area (Å²) in [5.74, 6) is -1.39. The molecule has 9 rings (SSSR count). The molecule has 4 heterocycles. The van der Waals surface area contributed by atoms with E-state index in [9.17, 15) is 4.11 Å². The monoisotopic (exact) mass is 581 g/mol. The first-order valence-corrected chi connectivity index (χ1v) is 13.3. The number of nitrogens with zero attached hydrogens (tertiary/aromatic N) is 5. The van der Waals surface area contributed by atoms with E-state index in [1.807, 2.05) is 0 Å². The molecule has 5 heteroatoms. The Morgan fingerprint density at radius 3 is 2.05 bits per heavy atom. The Bertz CT molecular complexity index is 3370. The number of hydrogen-bond acceptors (Lipinski definition) is 3. The summed E-state index contributed by atoms with van der Waals surface area (Å²) in [6.07, 6.45) is 1.48. The highest BCUT2D eigenvalue weighted by atomic mass is 15.1. The van der Waals surface area contributed by atoms with Crippen LogP contribution in [0.25, 0.3) is 77.9 Å². The van der Waals surface area contributed by atoms with Gasteiger partial charge in [-0.1, -0.05) is 103 Å². The maximum Gasteiger partial charge on any atom is 0.162 e. The Hall–Kier alpha value is -6.07. The molecule has 0 radical (unpaired) electrons. The lowest BCUT2D eigenvalue weighted by Gasteiger charge is -2.15. The summed E-state index contributed by atoms with van der Waals surface area (Å²) in [6.45, 7) is 0. The number of hydrogen-bond donors (Lipinski definition) is 0. The molecule has 0 aliphatic heterocycles. The second-order valence-corrected chi connectivity index (χ2v) is 9.58. The van der Waals surface area contributed by atoms with Gasteiger partial charge < -0.3 is 0 Å². The summed E-state index contributed by atoms with van der Waals surface area (Å²) in [5.41, 5.74) is -2.22. The van der Waals surface area contributed by atoms with Crippen LogP contribution in [-0.2, 0) is 0 Å². The zero-order valence-corrected chi connectivity index (χ0v) is 22.3. The molecule has 0 unspecified atom stereocenters. The van der Waals surface area contributed by atoms with E-state index >= 15 is 0 Å². The van der Waals surface area contributed by atoms with E-state index in [0.29, 0.717) is 16.3 Å². The Labute approximate surface area is 278 Å². The van der Waals surface area contributed by atoms with Crippen molar-refractivity contribution in [2.45, 2.75) is 0 Å². The van der Waals surface area contributed by atoms with Gasteiger partial charge >= 0.3 is 0 Å². The molecule has 0 atom stereocenters. The van der Waals surface area contributed by atoms with E-state index in [1.54, 1.807) is 36.4 Å². The van der Waals surface area contributed by atoms with E-state index in [0.717, 1.165) is 4.57 Å². The Morgan fingerprint density at radius 1 is 0.545 bits per heavy atom. The lowest BCUT2D eigenvalue weighted by atomic mass is 10.1. The van der Waals surface area contributed by atoms with Crippen LogP contribution in [0.15, 0.2) is 151 Å². The van der Waals surface area contributed by atoms with Gasteiger partial charge in [-0.3, -0.25) is 9.13 Å². The van der Waals surface area contributed by atoms with Gasteiger partial charge in [-0.15, -0.1) is 0 Å². The second-order valence-electron chi connectivity index (χ2n) is 9.58. The highest BCUT2D eigenvalue weighted by Gasteiger charge is 2.20. The van der Waals surface area contributed by atoms with Crippen molar-refractivity contribution in [3.05, 3.63) is 151 Å². The molecule has 4 aromatic heterocycles. The van der Waals surface area contributed by atoms with Crippen LogP contribution in [0.2, 0.25) is 0 Å². The minimum atomic E-state index is -0.807. The third kappa shape index (κ3) is 3.69. The van der Waals surface area contributed by atoms with Gasteiger partial charge in [-0.25, -0.2) is 15.0 Å². The normalized spacial score (nSPS) is 17.4. The van der Waals surface area contributed by atoms with Crippen LogP contribution in [0.1, 0.15) is 24.7 Å². The van der Waals surface area contributed by atoms with Crippen molar-refractivity contribution in [3.8, 4) is 34.2 Å². The zero-order valence-electron chi connectivity index (χ0n) is 40.3. The minimum Gasteiger partial charge on any atom is -0.294 e. The van der Waals surface area contributed by atoms with Crippen molar-refractivity contribution in [3.63, 3.8) is 0 Å². The Kier molecular flexibility index (Phi) is 2.80. The SMILES string of the molecule is [2H]c1c(-c2c([2H])c([2H])c([2H])c([2H])c2-n2c3ccccc3c3cccnc32)nc(-c2c([2H])c([2H])c([2H])c([2H])c2[2H])nc1-n1c2c([2H])c([2H])c([2H])c([2H])c2c2c([2H])c([2H])c([2H])c([2H])c21. The summed E-state index contributed by atoms with van der Waals surface area (Å²) in [4.78, 5) is 13.6. The summed E-state index contributed by atoms with van der Waals surface area (Å²) in [6, 6.07) is -3.19. The molecule has 44 heavy (non-hydrogen) atoms. The van der Waals surface area contributed by atoms with Crippen LogP contribution in [0.4, 0.5) is 0 Å². The molecule has 0 saturated carbocycles. The van der Waals surface area contributed by atoms with E-state index in [1.165, 1.54) is 10.8 Å². The van der Waals surface area contributed by atoms with Crippen molar-refractivity contribution < 1.29 is 24.7 Å². The van der Waals surface area contributed by atoms with E-state index in [-0.39, 0.29) is 22.1 Å². The molecule has 0 N–H and O–H groups in total. The average molecular weight is 582 g/mol. The fourth-order valence-electron chi connectivity index (χ4n) is 5.39.